The van der Waals surface area contributed by atoms with Gasteiger partial charge in [0.15, 0.2) is 6.23 Å². The van der Waals surface area contributed by atoms with Crippen molar-refractivity contribution in [1.29, 1.82) is 0 Å². The number of hydrogen-bond donors (Lipinski definition) is 4. The van der Waals surface area contributed by atoms with Gasteiger partial charge in [0.2, 0.25) is 5.82 Å². The van der Waals surface area contributed by atoms with Crippen LogP contribution >= 0.6 is 0 Å². The molecule has 0 aliphatic carbocycles. The first kappa shape index (κ1) is 12.9. The van der Waals surface area contributed by atoms with E-state index in [4.69, 9.17) is 4.74 Å². The fourth-order valence-corrected chi connectivity index (χ4v) is 1.69. The Morgan fingerprint density at radius 1 is 1.33 bits per heavy atom. The molecule has 2 heterocycles. The van der Waals surface area contributed by atoms with E-state index in [1.165, 1.54) is 0 Å². The molecule has 0 spiro atoms. The minimum absolute atomic E-state index is 0.337. The van der Waals surface area contributed by atoms with Crippen LogP contribution in [0.2, 0.25) is 0 Å². The number of nitrogens with zero attached hydrogens (tertiary/aromatic N) is 1. The molecule has 1 aromatic rings. The van der Waals surface area contributed by atoms with E-state index in [2.05, 4.69) is 0 Å². The molecular weight excluding hydrogens is 251 g/mol. The Balaban J connectivity index is 2.41. The Morgan fingerprint density at radius 3 is 2.67 bits per heavy atom. The van der Waals surface area contributed by atoms with Gasteiger partial charge in [-0.1, -0.05) is 0 Å². The Hall–Kier alpha value is -1.55. The van der Waals surface area contributed by atoms with E-state index in [-0.39, 0.29) is 6.61 Å². The van der Waals surface area contributed by atoms with Crippen molar-refractivity contribution in [3.05, 3.63) is 32.9 Å². The average molecular weight is 262 g/mol. The summed E-state index contributed by atoms with van der Waals surface area (Å²) in [6, 6.07) is 0. The third-order valence-electron chi connectivity index (χ3n) is 2.67. The van der Waals surface area contributed by atoms with Gasteiger partial charge in [0.25, 0.3) is 5.56 Å². The maximum Gasteiger partial charge on any atom is 0.330 e. The SMILES string of the molecule is O=c1[nH]c(=O)n(C2OC[C@@H](O)[C@@H](O)[C@H]2O)cc1F. The topological polar surface area (TPSA) is 125 Å². The van der Waals surface area contributed by atoms with E-state index >= 15 is 0 Å². The minimum Gasteiger partial charge on any atom is -0.388 e. The molecule has 1 aliphatic heterocycles. The van der Waals surface area contributed by atoms with Gasteiger partial charge in [-0.15, -0.1) is 0 Å². The predicted molar refractivity (Wildman–Crippen MR) is 54.3 cm³/mol. The van der Waals surface area contributed by atoms with Crippen LogP contribution in [-0.4, -0.2) is 49.8 Å². The van der Waals surface area contributed by atoms with Crippen LogP contribution in [0.15, 0.2) is 15.8 Å². The molecule has 1 saturated heterocycles. The molecule has 0 saturated carbocycles. The van der Waals surface area contributed by atoms with Gasteiger partial charge in [-0.3, -0.25) is 14.3 Å². The number of H-pyrrole nitrogens is 1. The van der Waals surface area contributed by atoms with Gasteiger partial charge in [0.05, 0.1) is 12.8 Å². The Bertz CT molecular complexity index is 555. The van der Waals surface area contributed by atoms with Crippen LogP contribution in [0.25, 0.3) is 0 Å². The molecule has 100 valence electrons. The summed E-state index contributed by atoms with van der Waals surface area (Å²) in [5, 5.41) is 28.3. The Labute approximate surface area is 98.9 Å². The lowest BCUT2D eigenvalue weighted by atomic mass is 10.0. The van der Waals surface area contributed by atoms with Gasteiger partial charge in [-0.05, 0) is 0 Å². The van der Waals surface area contributed by atoms with Crippen molar-refractivity contribution in [2.75, 3.05) is 6.61 Å². The van der Waals surface area contributed by atoms with Gasteiger partial charge in [-0.25, -0.2) is 4.79 Å². The van der Waals surface area contributed by atoms with E-state index in [9.17, 15) is 29.3 Å². The molecule has 0 aromatic carbocycles. The lowest BCUT2D eigenvalue weighted by molar-refractivity contribution is -0.212. The average Bonchev–Trinajstić information content (AvgIpc) is 2.32. The largest absolute Gasteiger partial charge is 0.388 e. The van der Waals surface area contributed by atoms with Crippen LogP contribution in [0.5, 0.6) is 0 Å². The fraction of sp³-hybridized carbons (Fsp3) is 0.556. The molecule has 1 unspecified atom stereocenters. The van der Waals surface area contributed by atoms with Crippen molar-refractivity contribution in [3.8, 4) is 0 Å². The standard InChI is InChI=1S/C9H11FN2O6/c10-3-1-12(9(17)11-7(3)16)8-6(15)5(14)4(13)2-18-8/h1,4-6,8,13-15H,2H2,(H,11,16,17)/t4-,5-,6-,8?/m1/s1. The molecule has 4 N–H and O–H groups in total. The molecule has 0 amide bonds. The summed E-state index contributed by atoms with van der Waals surface area (Å²) < 4.78 is 18.6. The van der Waals surface area contributed by atoms with Crippen LogP contribution in [0.1, 0.15) is 6.23 Å². The monoisotopic (exact) mass is 262 g/mol. The predicted octanol–water partition coefficient (Wildman–Crippen LogP) is -2.71. The van der Waals surface area contributed by atoms with Crippen molar-refractivity contribution in [2.45, 2.75) is 24.5 Å². The first-order valence-electron chi connectivity index (χ1n) is 5.08. The third kappa shape index (κ3) is 2.08. The van der Waals surface area contributed by atoms with Gasteiger partial charge in [-0.2, -0.15) is 4.39 Å². The highest BCUT2D eigenvalue weighted by molar-refractivity contribution is 4.92. The molecule has 0 bridgehead atoms. The number of ether oxygens (including phenoxy) is 1. The lowest BCUT2D eigenvalue weighted by Gasteiger charge is -2.35. The molecule has 1 aromatic heterocycles. The number of aromatic amines is 1. The van der Waals surface area contributed by atoms with Crippen molar-refractivity contribution in [2.24, 2.45) is 0 Å². The maximum absolute atomic E-state index is 13.1. The summed E-state index contributed by atoms with van der Waals surface area (Å²) in [5.41, 5.74) is -2.18. The summed E-state index contributed by atoms with van der Waals surface area (Å²) in [4.78, 5) is 24.0. The molecule has 2 rings (SSSR count). The number of hydrogen-bond acceptors (Lipinski definition) is 6. The van der Waals surface area contributed by atoms with Gasteiger partial charge >= 0.3 is 5.69 Å². The first-order chi connectivity index (χ1) is 8.41. The normalized spacial score (nSPS) is 32.4. The number of halogens is 1. The number of aromatic nitrogens is 2. The lowest BCUT2D eigenvalue weighted by Crippen LogP contribution is -2.53. The maximum atomic E-state index is 13.1. The van der Waals surface area contributed by atoms with Crippen LogP contribution in [0.3, 0.4) is 0 Å². The van der Waals surface area contributed by atoms with E-state index in [1.54, 1.807) is 4.98 Å². The van der Waals surface area contributed by atoms with Gasteiger partial charge < -0.3 is 20.1 Å². The second kappa shape index (κ2) is 4.61. The molecule has 18 heavy (non-hydrogen) atoms. The number of aliphatic hydroxyl groups is 3. The molecule has 9 heteroatoms. The molecule has 1 aliphatic rings. The highest BCUT2D eigenvalue weighted by Crippen LogP contribution is 2.22. The van der Waals surface area contributed by atoms with Crippen molar-refractivity contribution in [3.63, 3.8) is 0 Å². The molecule has 0 radical (unpaired) electrons. The second-order valence-corrected chi connectivity index (χ2v) is 3.92. The Kier molecular flexibility index (Phi) is 3.30. The summed E-state index contributed by atoms with van der Waals surface area (Å²) in [7, 11) is 0. The van der Waals surface area contributed by atoms with E-state index in [0.717, 1.165) is 0 Å². The zero-order valence-electron chi connectivity index (χ0n) is 8.99. The number of nitrogens with one attached hydrogen (secondary N) is 1. The molecule has 4 atom stereocenters. The molecular formula is C9H11FN2O6. The second-order valence-electron chi connectivity index (χ2n) is 3.92. The molecule has 8 nitrogen and oxygen atoms in total. The highest BCUT2D eigenvalue weighted by Gasteiger charge is 2.39. The van der Waals surface area contributed by atoms with E-state index in [1.807, 2.05) is 0 Å². The summed E-state index contributed by atoms with van der Waals surface area (Å²) >= 11 is 0. The number of rotatable bonds is 1. The zero-order valence-corrected chi connectivity index (χ0v) is 8.99. The highest BCUT2D eigenvalue weighted by atomic mass is 19.1. The molecule has 1 fully saturated rings. The van der Waals surface area contributed by atoms with Crippen LogP contribution in [0.4, 0.5) is 4.39 Å². The smallest absolute Gasteiger partial charge is 0.330 e. The summed E-state index contributed by atoms with van der Waals surface area (Å²) in [6.07, 6.45) is -5.29. The van der Waals surface area contributed by atoms with Crippen molar-refractivity contribution >= 4 is 0 Å². The fourth-order valence-electron chi connectivity index (χ4n) is 1.69. The summed E-state index contributed by atoms with van der Waals surface area (Å²) in [5.74, 6) is -1.23. The van der Waals surface area contributed by atoms with Crippen LogP contribution in [0, 0.1) is 5.82 Å². The van der Waals surface area contributed by atoms with Crippen LogP contribution in [-0.2, 0) is 4.74 Å². The first-order valence-corrected chi connectivity index (χ1v) is 5.08. The Morgan fingerprint density at radius 2 is 2.00 bits per heavy atom. The van der Waals surface area contributed by atoms with Gasteiger partial charge in [0, 0.05) is 0 Å². The number of aliphatic hydroxyl groups excluding tert-OH is 3. The van der Waals surface area contributed by atoms with Gasteiger partial charge in [0.1, 0.15) is 18.3 Å². The van der Waals surface area contributed by atoms with Crippen molar-refractivity contribution in [1.82, 2.24) is 9.55 Å². The van der Waals surface area contributed by atoms with Crippen molar-refractivity contribution < 1.29 is 24.4 Å². The van der Waals surface area contributed by atoms with Crippen LogP contribution < -0.4 is 11.2 Å². The minimum atomic E-state index is -1.63. The van der Waals surface area contributed by atoms with E-state index in [0.29, 0.717) is 10.8 Å². The summed E-state index contributed by atoms with van der Waals surface area (Å²) in [6.45, 7) is -0.337. The third-order valence-corrected chi connectivity index (χ3v) is 2.67. The zero-order chi connectivity index (χ0) is 13.4. The quantitative estimate of drug-likeness (QED) is 0.436. The van der Waals surface area contributed by atoms with E-state index < -0.39 is 41.6 Å².